The van der Waals surface area contributed by atoms with Crippen LogP contribution in [0.5, 0.6) is 5.75 Å². The monoisotopic (exact) mass is 305 g/mol. The average molecular weight is 305 g/mol. The summed E-state index contributed by atoms with van der Waals surface area (Å²) >= 11 is 0. The quantitative estimate of drug-likeness (QED) is 0.839. The highest BCUT2D eigenvalue weighted by Crippen LogP contribution is 2.17. The standard InChI is InChI=1S/C14H19N5O3/c1-3-19-6-10(5-16-19)22-12-8-21-7-11(12)17-14(20)13-9(2)4-15-18-13/h4-6,11-12H,3,7-8H2,1-2H3,(H,15,18)(H,17,20)/t11-,12+/m0/s1. The zero-order valence-electron chi connectivity index (χ0n) is 12.6. The number of hydrogen-bond donors (Lipinski definition) is 2. The molecule has 0 radical (unpaired) electrons. The van der Waals surface area contributed by atoms with E-state index in [0.717, 1.165) is 12.1 Å². The van der Waals surface area contributed by atoms with Gasteiger partial charge in [-0.25, -0.2) is 0 Å². The van der Waals surface area contributed by atoms with E-state index >= 15 is 0 Å². The highest BCUT2D eigenvalue weighted by Gasteiger charge is 2.32. The van der Waals surface area contributed by atoms with Crippen molar-refractivity contribution in [3.05, 3.63) is 29.8 Å². The highest BCUT2D eigenvalue weighted by atomic mass is 16.5. The van der Waals surface area contributed by atoms with E-state index in [9.17, 15) is 4.79 Å². The molecule has 3 rings (SSSR count). The highest BCUT2D eigenvalue weighted by molar-refractivity contribution is 5.93. The van der Waals surface area contributed by atoms with Crippen molar-refractivity contribution in [3.8, 4) is 5.75 Å². The first kappa shape index (κ1) is 14.6. The Balaban J connectivity index is 1.63. The van der Waals surface area contributed by atoms with Crippen molar-refractivity contribution in [1.82, 2.24) is 25.3 Å². The third-order valence-corrected chi connectivity index (χ3v) is 3.62. The van der Waals surface area contributed by atoms with Crippen molar-refractivity contribution in [2.75, 3.05) is 13.2 Å². The van der Waals surface area contributed by atoms with E-state index < -0.39 is 0 Å². The Morgan fingerprint density at radius 2 is 2.41 bits per heavy atom. The fourth-order valence-corrected chi connectivity index (χ4v) is 2.36. The number of nitrogens with zero attached hydrogens (tertiary/aromatic N) is 3. The first-order chi connectivity index (χ1) is 10.7. The maximum atomic E-state index is 12.2. The molecule has 3 heterocycles. The molecule has 2 aromatic rings. The zero-order chi connectivity index (χ0) is 15.5. The Morgan fingerprint density at radius 3 is 3.09 bits per heavy atom. The normalized spacial score (nSPS) is 21.0. The van der Waals surface area contributed by atoms with Crippen LogP contribution >= 0.6 is 0 Å². The summed E-state index contributed by atoms with van der Waals surface area (Å²) in [7, 11) is 0. The number of carbonyl (C=O) groups excluding carboxylic acids is 1. The Hall–Kier alpha value is -2.35. The first-order valence-corrected chi connectivity index (χ1v) is 7.25. The number of carbonyl (C=O) groups is 1. The van der Waals surface area contributed by atoms with Gasteiger partial charge in [0.25, 0.3) is 5.91 Å². The van der Waals surface area contributed by atoms with Gasteiger partial charge in [-0.3, -0.25) is 14.6 Å². The number of nitrogens with one attached hydrogen (secondary N) is 2. The number of hydrogen-bond acceptors (Lipinski definition) is 5. The van der Waals surface area contributed by atoms with Crippen LogP contribution in [0.4, 0.5) is 0 Å². The Kier molecular flexibility index (Phi) is 4.10. The minimum atomic E-state index is -0.235. The number of aromatic amines is 1. The topological polar surface area (TPSA) is 94.1 Å². The van der Waals surface area contributed by atoms with E-state index in [1.165, 1.54) is 0 Å². The fourth-order valence-electron chi connectivity index (χ4n) is 2.36. The Morgan fingerprint density at radius 1 is 1.55 bits per heavy atom. The van der Waals surface area contributed by atoms with Crippen LogP contribution in [-0.4, -0.2) is 51.2 Å². The predicted octanol–water partition coefficient (Wildman–Crippen LogP) is 0.511. The lowest BCUT2D eigenvalue weighted by molar-refractivity contribution is 0.0898. The SMILES string of the molecule is CCn1cc(O[C@@H]2COC[C@@H]2NC(=O)c2[nH]ncc2C)cn1. The van der Waals surface area contributed by atoms with Crippen molar-refractivity contribution in [2.24, 2.45) is 0 Å². The van der Waals surface area contributed by atoms with E-state index in [-0.39, 0.29) is 18.1 Å². The van der Waals surface area contributed by atoms with Crippen LogP contribution in [0.25, 0.3) is 0 Å². The molecule has 1 aliphatic rings. The molecule has 2 atom stereocenters. The Bertz CT molecular complexity index is 650. The number of H-pyrrole nitrogens is 1. The molecule has 8 heteroatoms. The predicted molar refractivity (Wildman–Crippen MR) is 77.7 cm³/mol. The van der Waals surface area contributed by atoms with Gasteiger partial charge in [-0.05, 0) is 19.4 Å². The molecule has 0 spiro atoms. The average Bonchev–Trinajstić information content (AvgIpc) is 3.22. The van der Waals surface area contributed by atoms with Crippen molar-refractivity contribution < 1.29 is 14.3 Å². The zero-order valence-corrected chi connectivity index (χ0v) is 12.6. The van der Waals surface area contributed by atoms with Crippen LogP contribution in [0, 0.1) is 6.92 Å². The number of ether oxygens (including phenoxy) is 2. The lowest BCUT2D eigenvalue weighted by Gasteiger charge is -2.19. The van der Waals surface area contributed by atoms with Crippen LogP contribution in [0.1, 0.15) is 23.0 Å². The maximum absolute atomic E-state index is 12.2. The summed E-state index contributed by atoms with van der Waals surface area (Å²) in [5.41, 5.74) is 1.27. The molecular formula is C14H19N5O3. The minimum Gasteiger partial charge on any atom is -0.482 e. The van der Waals surface area contributed by atoms with Crippen LogP contribution in [0.3, 0.4) is 0 Å². The molecule has 0 aromatic carbocycles. The molecule has 118 valence electrons. The second-order valence-electron chi connectivity index (χ2n) is 5.23. The van der Waals surface area contributed by atoms with E-state index in [4.69, 9.17) is 9.47 Å². The van der Waals surface area contributed by atoms with Crippen molar-refractivity contribution in [1.29, 1.82) is 0 Å². The summed E-state index contributed by atoms with van der Waals surface area (Å²) in [6.45, 7) is 5.47. The molecule has 1 saturated heterocycles. The molecule has 8 nitrogen and oxygen atoms in total. The van der Waals surface area contributed by atoms with E-state index in [1.807, 2.05) is 20.0 Å². The fraction of sp³-hybridized carbons (Fsp3) is 0.500. The molecule has 2 N–H and O–H groups in total. The second kappa shape index (κ2) is 6.18. The maximum Gasteiger partial charge on any atom is 0.269 e. The van der Waals surface area contributed by atoms with E-state index in [2.05, 4.69) is 20.6 Å². The van der Waals surface area contributed by atoms with Gasteiger partial charge >= 0.3 is 0 Å². The summed E-state index contributed by atoms with van der Waals surface area (Å²) in [5.74, 6) is 0.470. The summed E-state index contributed by atoms with van der Waals surface area (Å²) in [4.78, 5) is 12.2. The van der Waals surface area contributed by atoms with Crippen LogP contribution in [0.15, 0.2) is 18.6 Å². The molecule has 0 bridgehead atoms. The lowest BCUT2D eigenvalue weighted by atomic mass is 10.2. The van der Waals surface area contributed by atoms with Gasteiger partial charge in [0.05, 0.1) is 37.8 Å². The largest absolute Gasteiger partial charge is 0.482 e. The van der Waals surface area contributed by atoms with Gasteiger partial charge in [0.15, 0.2) is 5.75 Å². The van der Waals surface area contributed by atoms with Crippen molar-refractivity contribution in [2.45, 2.75) is 32.5 Å². The van der Waals surface area contributed by atoms with Gasteiger partial charge < -0.3 is 14.8 Å². The molecule has 22 heavy (non-hydrogen) atoms. The van der Waals surface area contributed by atoms with Gasteiger partial charge in [-0.15, -0.1) is 0 Å². The number of amides is 1. The van der Waals surface area contributed by atoms with Crippen LogP contribution < -0.4 is 10.1 Å². The van der Waals surface area contributed by atoms with E-state index in [0.29, 0.717) is 24.7 Å². The third kappa shape index (κ3) is 2.96. The van der Waals surface area contributed by atoms with Gasteiger partial charge in [0, 0.05) is 6.54 Å². The minimum absolute atomic E-state index is 0.205. The first-order valence-electron chi connectivity index (χ1n) is 7.25. The molecule has 2 aromatic heterocycles. The number of aryl methyl sites for hydroxylation is 2. The van der Waals surface area contributed by atoms with Gasteiger partial charge in [0.1, 0.15) is 11.8 Å². The summed E-state index contributed by atoms with van der Waals surface area (Å²) in [6, 6.07) is -0.208. The molecule has 0 unspecified atom stereocenters. The summed E-state index contributed by atoms with van der Waals surface area (Å²) in [5, 5.41) is 13.6. The smallest absolute Gasteiger partial charge is 0.269 e. The number of rotatable bonds is 5. The van der Waals surface area contributed by atoms with Gasteiger partial charge in [-0.2, -0.15) is 10.2 Å². The molecule has 1 aliphatic heterocycles. The van der Waals surface area contributed by atoms with Crippen molar-refractivity contribution in [3.63, 3.8) is 0 Å². The Labute approximate surface area is 127 Å². The third-order valence-electron chi connectivity index (χ3n) is 3.62. The van der Waals surface area contributed by atoms with Crippen LogP contribution in [0.2, 0.25) is 0 Å². The molecule has 0 aliphatic carbocycles. The summed E-state index contributed by atoms with van der Waals surface area (Å²) < 4.78 is 13.1. The van der Waals surface area contributed by atoms with E-state index in [1.54, 1.807) is 17.1 Å². The molecule has 1 amide bonds. The van der Waals surface area contributed by atoms with Crippen molar-refractivity contribution >= 4 is 5.91 Å². The molecule has 0 saturated carbocycles. The lowest BCUT2D eigenvalue weighted by Crippen LogP contribution is -2.45. The summed E-state index contributed by atoms with van der Waals surface area (Å²) in [6.07, 6.45) is 4.88. The molecule has 1 fully saturated rings. The van der Waals surface area contributed by atoms with Gasteiger partial charge in [0.2, 0.25) is 0 Å². The second-order valence-corrected chi connectivity index (χ2v) is 5.23. The number of aromatic nitrogens is 4. The van der Waals surface area contributed by atoms with Crippen LogP contribution in [-0.2, 0) is 11.3 Å². The molecular weight excluding hydrogens is 286 g/mol. The van der Waals surface area contributed by atoms with Gasteiger partial charge in [-0.1, -0.05) is 0 Å².